The molecule has 1 saturated heterocycles. The van der Waals surface area contributed by atoms with Gasteiger partial charge in [-0.25, -0.2) is 8.42 Å². The lowest BCUT2D eigenvalue weighted by molar-refractivity contribution is 0.333. The molecule has 2 fully saturated rings. The molecule has 2 bridgehead atoms. The van der Waals surface area contributed by atoms with Crippen molar-refractivity contribution in [2.75, 3.05) is 12.3 Å². The summed E-state index contributed by atoms with van der Waals surface area (Å²) in [6.07, 6.45) is 3.16. The van der Waals surface area contributed by atoms with Crippen molar-refractivity contribution < 1.29 is 8.42 Å². The van der Waals surface area contributed by atoms with E-state index in [2.05, 4.69) is 15.9 Å². The number of piperidine rings is 1. The van der Waals surface area contributed by atoms with Crippen molar-refractivity contribution >= 4 is 31.6 Å². The van der Waals surface area contributed by atoms with Crippen LogP contribution in [0.1, 0.15) is 19.3 Å². The second kappa shape index (κ2) is 4.21. The van der Waals surface area contributed by atoms with Gasteiger partial charge in [0.2, 0.25) is 10.0 Å². The van der Waals surface area contributed by atoms with Crippen LogP contribution in [0.5, 0.6) is 0 Å². The maximum atomic E-state index is 12.6. The molecule has 2 aliphatic rings. The molecular weight excluding hydrogens is 316 g/mol. The van der Waals surface area contributed by atoms with Gasteiger partial charge in [-0.15, -0.1) is 0 Å². The van der Waals surface area contributed by atoms with Gasteiger partial charge in [0, 0.05) is 22.7 Å². The third-order valence-electron chi connectivity index (χ3n) is 3.90. The lowest BCUT2D eigenvalue weighted by atomic mass is 10.1. The number of nitrogen functional groups attached to an aromatic ring is 1. The van der Waals surface area contributed by atoms with Crippen LogP contribution in [0.25, 0.3) is 0 Å². The summed E-state index contributed by atoms with van der Waals surface area (Å²) in [5.41, 5.74) is 6.17. The number of nitrogens with two attached hydrogens (primary N) is 1. The topological polar surface area (TPSA) is 63.4 Å². The standard InChI is InChI=1S/C12H15BrN2O2S/c13-11-4-2-9(14)6-12(11)18(16,17)15-7-8-1-3-10(15)5-8/h2,4,6,8,10H,1,3,5,7,14H2. The van der Waals surface area contributed by atoms with E-state index < -0.39 is 10.0 Å². The summed E-state index contributed by atoms with van der Waals surface area (Å²) in [5, 5.41) is 0. The molecule has 2 atom stereocenters. The van der Waals surface area contributed by atoms with Gasteiger partial charge in [0.05, 0.1) is 4.90 Å². The van der Waals surface area contributed by atoms with E-state index in [-0.39, 0.29) is 10.9 Å². The van der Waals surface area contributed by atoms with Crippen molar-refractivity contribution in [2.45, 2.75) is 30.2 Å². The Morgan fingerprint density at radius 1 is 1.33 bits per heavy atom. The van der Waals surface area contributed by atoms with Crippen LogP contribution in [0.4, 0.5) is 5.69 Å². The van der Waals surface area contributed by atoms with Crippen LogP contribution in [0, 0.1) is 5.92 Å². The van der Waals surface area contributed by atoms with Crippen molar-refractivity contribution in [1.29, 1.82) is 0 Å². The van der Waals surface area contributed by atoms with Crippen LogP contribution >= 0.6 is 15.9 Å². The number of sulfonamides is 1. The van der Waals surface area contributed by atoms with Gasteiger partial charge in [0.25, 0.3) is 0 Å². The quantitative estimate of drug-likeness (QED) is 0.845. The molecular formula is C12H15BrN2O2S. The van der Waals surface area contributed by atoms with E-state index in [1.54, 1.807) is 16.4 Å². The highest BCUT2D eigenvalue weighted by atomic mass is 79.9. The fraction of sp³-hybridized carbons (Fsp3) is 0.500. The molecule has 2 N–H and O–H groups in total. The minimum Gasteiger partial charge on any atom is -0.399 e. The molecule has 3 rings (SSSR count). The average molecular weight is 331 g/mol. The number of halogens is 1. The summed E-state index contributed by atoms with van der Waals surface area (Å²) in [5.74, 6) is 0.546. The molecule has 1 aliphatic heterocycles. The third kappa shape index (κ3) is 1.87. The van der Waals surface area contributed by atoms with Crippen LogP contribution in [0.2, 0.25) is 0 Å². The molecule has 18 heavy (non-hydrogen) atoms. The first-order valence-electron chi connectivity index (χ1n) is 6.05. The first-order valence-corrected chi connectivity index (χ1v) is 8.28. The second-order valence-corrected chi connectivity index (χ2v) is 7.81. The number of benzene rings is 1. The molecule has 4 nitrogen and oxygen atoms in total. The molecule has 6 heteroatoms. The molecule has 1 heterocycles. The molecule has 98 valence electrons. The van der Waals surface area contributed by atoms with Gasteiger partial charge < -0.3 is 5.73 Å². The SMILES string of the molecule is Nc1ccc(Br)c(S(=O)(=O)N2CC3CCC2C3)c1. The highest BCUT2D eigenvalue weighted by Gasteiger charge is 2.44. The highest BCUT2D eigenvalue weighted by molar-refractivity contribution is 9.10. The zero-order chi connectivity index (χ0) is 12.9. The summed E-state index contributed by atoms with van der Waals surface area (Å²) < 4.78 is 27.5. The Balaban J connectivity index is 2.02. The fourth-order valence-electron chi connectivity index (χ4n) is 3.02. The first-order chi connectivity index (χ1) is 8.48. The van der Waals surface area contributed by atoms with Gasteiger partial charge in [-0.2, -0.15) is 4.31 Å². The van der Waals surface area contributed by atoms with Crippen molar-refractivity contribution in [1.82, 2.24) is 4.31 Å². The Kier molecular flexibility index (Phi) is 2.91. The van der Waals surface area contributed by atoms with Gasteiger partial charge in [0.1, 0.15) is 0 Å². The molecule has 0 spiro atoms. The molecule has 0 radical (unpaired) electrons. The Morgan fingerprint density at radius 3 is 2.72 bits per heavy atom. The summed E-state index contributed by atoms with van der Waals surface area (Å²) in [6.45, 7) is 0.661. The molecule has 0 aromatic heterocycles. The van der Waals surface area contributed by atoms with E-state index in [0.717, 1.165) is 19.3 Å². The summed E-state index contributed by atoms with van der Waals surface area (Å²) in [7, 11) is -3.42. The van der Waals surface area contributed by atoms with E-state index in [9.17, 15) is 8.42 Å². The van der Waals surface area contributed by atoms with E-state index in [0.29, 0.717) is 22.6 Å². The lowest BCUT2D eigenvalue weighted by Gasteiger charge is -2.26. The predicted octanol–water partition coefficient (Wildman–Crippen LogP) is 2.20. The predicted molar refractivity (Wildman–Crippen MR) is 73.6 cm³/mol. The summed E-state index contributed by atoms with van der Waals surface area (Å²) in [4.78, 5) is 0.287. The number of hydrogen-bond donors (Lipinski definition) is 1. The van der Waals surface area contributed by atoms with Crippen molar-refractivity contribution in [3.63, 3.8) is 0 Å². The van der Waals surface area contributed by atoms with Crippen LogP contribution in [0.15, 0.2) is 27.6 Å². The number of fused-ring (bicyclic) bond motifs is 2. The molecule has 1 aromatic carbocycles. The zero-order valence-electron chi connectivity index (χ0n) is 9.84. The molecule has 1 saturated carbocycles. The number of hydrogen-bond acceptors (Lipinski definition) is 3. The minimum atomic E-state index is -3.42. The van der Waals surface area contributed by atoms with E-state index in [4.69, 9.17) is 5.73 Å². The number of nitrogens with zero attached hydrogens (tertiary/aromatic N) is 1. The molecule has 1 aromatic rings. The van der Waals surface area contributed by atoms with Crippen molar-refractivity contribution in [3.05, 3.63) is 22.7 Å². The van der Waals surface area contributed by atoms with Gasteiger partial charge in [-0.1, -0.05) is 0 Å². The van der Waals surface area contributed by atoms with Crippen LogP contribution in [-0.4, -0.2) is 25.3 Å². The van der Waals surface area contributed by atoms with Gasteiger partial charge >= 0.3 is 0 Å². The highest BCUT2D eigenvalue weighted by Crippen LogP contribution is 2.41. The van der Waals surface area contributed by atoms with Gasteiger partial charge in [-0.05, 0) is 59.3 Å². The minimum absolute atomic E-state index is 0.188. The van der Waals surface area contributed by atoms with E-state index in [1.165, 1.54) is 6.07 Å². The largest absolute Gasteiger partial charge is 0.399 e. The van der Waals surface area contributed by atoms with E-state index >= 15 is 0 Å². The maximum Gasteiger partial charge on any atom is 0.244 e. The average Bonchev–Trinajstić information content (AvgIpc) is 2.94. The number of anilines is 1. The lowest BCUT2D eigenvalue weighted by Crippen LogP contribution is -2.37. The van der Waals surface area contributed by atoms with E-state index in [1.807, 2.05) is 0 Å². The molecule has 2 unspecified atom stereocenters. The summed E-state index contributed by atoms with van der Waals surface area (Å²) >= 11 is 3.31. The Morgan fingerprint density at radius 2 is 2.11 bits per heavy atom. The van der Waals surface area contributed by atoms with Crippen molar-refractivity contribution in [3.8, 4) is 0 Å². The Hall–Kier alpha value is -0.590. The fourth-order valence-corrected chi connectivity index (χ4v) is 5.72. The summed E-state index contributed by atoms with van der Waals surface area (Å²) in [6, 6.07) is 5.11. The third-order valence-corrected chi connectivity index (χ3v) is 6.81. The maximum absolute atomic E-state index is 12.6. The first kappa shape index (κ1) is 12.4. The Bertz CT molecular complexity index is 588. The van der Waals surface area contributed by atoms with Crippen LogP contribution < -0.4 is 5.73 Å². The smallest absolute Gasteiger partial charge is 0.244 e. The Labute approximate surface area is 115 Å². The molecule has 0 amide bonds. The van der Waals surface area contributed by atoms with Crippen LogP contribution in [-0.2, 0) is 10.0 Å². The van der Waals surface area contributed by atoms with Crippen LogP contribution in [0.3, 0.4) is 0 Å². The monoisotopic (exact) mass is 330 g/mol. The normalized spacial score (nSPS) is 27.8. The molecule has 1 aliphatic carbocycles. The van der Waals surface area contributed by atoms with Crippen molar-refractivity contribution in [2.24, 2.45) is 5.92 Å². The second-order valence-electron chi connectivity index (χ2n) is 5.10. The number of rotatable bonds is 2. The zero-order valence-corrected chi connectivity index (χ0v) is 12.2. The van der Waals surface area contributed by atoms with Gasteiger partial charge in [-0.3, -0.25) is 0 Å². The van der Waals surface area contributed by atoms with Gasteiger partial charge in [0.15, 0.2) is 0 Å².